The van der Waals surface area contributed by atoms with Crippen molar-refractivity contribution in [2.24, 2.45) is 0 Å². The van der Waals surface area contributed by atoms with E-state index in [-0.39, 0.29) is 0 Å². The molecular weight excluding hydrogens is 398 g/mol. The van der Waals surface area contributed by atoms with Gasteiger partial charge in [-0.15, -0.1) is 0 Å². The molecule has 0 amide bonds. The van der Waals surface area contributed by atoms with Gasteiger partial charge in [-0.05, 0) is 86.1 Å². The Balaban J connectivity index is 1.55. The number of aryl methyl sites for hydroxylation is 1. The van der Waals surface area contributed by atoms with Gasteiger partial charge in [-0.1, -0.05) is 41.9 Å². The molecule has 0 saturated heterocycles. The number of nitrogens with zero attached hydrogens (tertiary/aromatic N) is 1. The highest BCUT2D eigenvalue weighted by Gasteiger charge is 2.35. The summed E-state index contributed by atoms with van der Waals surface area (Å²) in [4.78, 5) is 16.0. The molecule has 1 heterocycles. The van der Waals surface area contributed by atoms with Gasteiger partial charge in [0.05, 0.1) is 0 Å². The van der Waals surface area contributed by atoms with E-state index in [0.717, 1.165) is 47.4 Å². The summed E-state index contributed by atoms with van der Waals surface area (Å²) in [6.07, 6.45) is 7.34. The number of carboxylic acid groups (broad SMARTS) is 1. The lowest BCUT2D eigenvalue weighted by Gasteiger charge is -2.26. The first-order valence-electron chi connectivity index (χ1n) is 10.1. The van der Waals surface area contributed by atoms with Crippen LogP contribution in [0.15, 0.2) is 73.1 Å². The third-order valence-corrected chi connectivity index (χ3v) is 5.38. The van der Waals surface area contributed by atoms with E-state index >= 15 is 0 Å². The highest BCUT2D eigenvalue weighted by atomic mass is 35.5. The second-order valence-electron chi connectivity index (χ2n) is 7.65. The zero-order chi connectivity index (χ0) is 21.4. The smallest absolute Gasteiger partial charge is 0.347 e. The van der Waals surface area contributed by atoms with Crippen LogP contribution >= 0.6 is 11.6 Å². The van der Waals surface area contributed by atoms with Gasteiger partial charge in [0.2, 0.25) is 5.60 Å². The Morgan fingerprint density at radius 1 is 1.00 bits per heavy atom. The highest BCUT2D eigenvalue weighted by Crippen LogP contribution is 2.25. The fourth-order valence-electron chi connectivity index (χ4n) is 3.31. The summed E-state index contributed by atoms with van der Waals surface area (Å²) in [7, 11) is 0. The van der Waals surface area contributed by atoms with E-state index < -0.39 is 11.6 Å². The molecule has 0 saturated carbocycles. The van der Waals surface area contributed by atoms with Crippen LogP contribution in [0.3, 0.4) is 0 Å². The summed E-state index contributed by atoms with van der Waals surface area (Å²) in [6, 6.07) is 19.3. The van der Waals surface area contributed by atoms with Gasteiger partial charge in [-0.2, -0.15) is 0 Å². The van der Waals surface area contributed by atoms with Gasteiger partial charge >= 0.3 is 5.97 Å². The Morgan fingerprint density at radius 2 is 1.67 bits per heavy atom. The molecule has 0 spiro atoms. The minimum atomic E-state index is -1.26. The molecule has 2 aromatic carbocycles. The largest absolute Gasteiger partial charge is 0.478 e. The van der Waals surface area contributed by atoms with Crippen LogP contribution < -0.4 is 4.74 Å². The fraction of sp³-hybridized carbons (Fsp3) is 0.280. The molecule has 3 rings (SSSR count). The third-order valence-electron chi connectivity index (χ3n) is 5.13. The van der Waals surface area contributed by atoms with Crippen LogP contribution in [0.5, 0.6) is 5.75 Å². The van der Waals surface area contributed by atoms with Gasteiger partial charge in [-0.25, -0.2) is 4.79 Å². The molecule has 3 aromatic rings. The number of carbonyl (C=O) groups is 1. The van der Waals surface area contributed by atoms with E-state index in [4.69, 9.17) is 16.3 Å². The van der Waals surface area contributed by atoms with Crippen LogP contribution in [0, 0.1) is 0 Å². The summed E-state index contributed by atoms with van der Waals surface area (Å²) in [5, 5.41) is 10.5. The van der Waals surface area contributed by atoms with Crippen molar-refractivity contribution in [1.82, 2.24) is 4.98 Å². The van der Waals surface area contributed by atoms with Crippen LogP contribution in [0.2, 0.25) is 5.02 Å². The molecule has 1 aromatic heterocycles. The topological polar surface area (TPSA) is 59.4 Å². The Hall–Kier alpha value is -2.85. The number of hydrogen-bond donors (Lipinski definition) is 1. The van der Waals surface area contributed by atoms with Crippen LogP contribution in [0.4, 0.5) is 0 Å². The molecule has 0 aliphatic heterocycles. The molecule has 0 bridgehead atoms. The van der Waals surface area contributed by atoms with Crippen molar-refractivity contribution in [3.63, 3.8) is 0 Å². The molecule has 0 fully saturated rings. The maximum Gasteiger partial charge on any atom is 0.347 e. The van der Waals surface area contributed by atoms with Gasteiger partial charge in [0.1, 0.15) is 5.75 Å². The number of carboxylic acids is 1. The maximum atomic E-state index is 11.9. The van der Waals surface area contributed by atoms with Crippen molar-refractivity contribution in [2.45, 2.75) is 44.6 Å². The fourth-order valence-corrected chi connectivity index (χ4v) is 3.44. The number of halogens is 1. The Morgan fingerprint density at radius 3 is 2.27 bits per heavy atom. The summed E-state index contributed by atoms with van der Waals surface area (Å²) >= 11 is 5.93. The number of unbranched alkanes of at least 4 members (excludes halogenated alkanes) is 1. The number of pyridine rings is 1. The van der Waals surface area contributed by atoms with Crippen LogP contribution in [-0.2, 0) is 17.6 Å². The average Bonchev–Trinajstić information content (AvgIpc) is 2.75. The summed E-state index contributed by atoms with van der Waals surface area (Å²) in [5.74, 6) is -0.388. The van der Waals surface area contributed by atoms with Gasteiger partial charge in [0, 0.05) is 17.4 Å². The predicted octanol–water partition coefficient (Wildman–Crippen LogP) is 5.96. The van der Waals surface area contributed by atoms with Gasteiger partial charge in [-0.3, -0.25) is 4.98 Å². The molecular formula is C25H26ClNO3. The van der Waals surface area contributed by atoms with E-state index in [2.05, 4.69) is 4.98 Å². The van der Waals surface area contributed by atoms with Crippen molar-refractivity contribution in [3.8, 4) is 5.75 Å². The predicted molar refractivity (Wildman–Crippen MR) is 119 cm³/mol. The van der Waals surface area contributed by atoms with Crippen molar-refractivity contribution in [2.75, 3.05) is 0 Å². The lowest BCUT2D eigenvalue weighted by molar-refractivity contribution is -0.154. The number of rotatable bonds is 10. The van der Waals surface area contributed by atoms with E-state index in [0.29, 0.717) is 12.2 Å². The second kappa shape index (κ2) is 10.3. The number of ether oxygens (including phenoxy) is 1. The average molecular weight is 424 g/mol. The first-order chi connectivity index (χ1) is 14.4. The lowest BCUT2D eigenvalue weighted by Crippen LogP contribution is -2.41. The number of aliphatic carboxylic acids is 1. The molecule has 4 nitrogen and oxygen atoms in total. The second-order valence-corrected chi connectivity index (χ2v) is 8.09. The van der Waals surface area contributed by atoms with E-state index in [9.17, 15) is 9.90 Å². The maximum absolute atomic E-state index is 11.9. The third kappa shape index (κ3) is 6.33. The monoisotopic (exact) mass is 423 g/mol. The Labute approximate surface area is 182 Å². The quantitative estimate of drug-likeness (QED) is 0.408. The molecule has 156 valence electrons. The number of hydrogen-bond acceptors (Lipinski definition) is 3. The zero-order valence-corrected chi connectivity index (χ0v) is 17.8. The van der Waals surface area contributed by atoms with Crippen molar-refractivity contribution in [3.05, 3.63) is 94.8 Å². The summed E-state index contributed by atoms with van der Waals surface area (Å²) in [6.45, 7) is 1.64. The van der Waals surface area contributed by atoms with Crippen LogP contribution in [-0.4, -0.2) is 21.7 Å². The molecule has 0 radical (unpaired) electrons. The molecule has 30 heavy (non-hydrogen) atoms. The lowest BCUT2D eigenvalue weighted by atomic mass is 9.97. The molecule has 0 aliphatic rings. The first-order valence-corrected chi connectivity index (χ1v) is 10.5. The Kier molecular flexibility index (Phi) is 7.47. The van der Waals surface area contributed by atoms with Crippen molar-refractivity contribution >= 4 is 17.6 Å². The summed E-state index contributed by atoms with van der Waals surface area (Å²) < 4.78 is 5.91. The van der Waals surface area contributed by atoms with Crippen LogP contribution in [0.25, 0.3) is 0 Å². The van der Waals surface area contributed by atoms with E-state index in [1.165, 1.54) is 0 Å². The van der Waals surface area contributed by atoms with Gasteiger partial charge in [0.15, 0.2) is 0 Å². The normalized spacial score (nSPS) is 12.9. The summed E-state index contributed by atoms with van der Waals surface area (Å²) in [5.41, 5.74) is 2.19. The number of benzene rings is 2. The van der Waals surface area contributed by atoms with Crippen molar-refractivity contribution < 1.29 is 14.6 Å². The van der Waals surface area contributed by atoms with E-state index in [1.807, 2.05) is 66.9 Å². The number of aromatic nitrogens is 1. The van der Waals surface area contributed by atoms with E-state index in [1.54, 1.807) is 13.1 Å². The SMILES string of the molecule is CC(CCCCc1cccnc1)(Oc1ccc(Cc2ccc(Cl)cc2)cc1)C(=O)O. The minimum Gasteiger partial charge on any atom is -0.478 e. The molecule has 0 aliphatic carbocycles. The standard InChI is InChI=1S/C25H26ClNO3/c1-25(24(28)29,15-3-2-5-21-6-4-16-27-18-21)30-23-13-9-20(10-14-23)17-19-7-11-22(26)12-8-19/h4,6-14,16,18H,2-3,5,15,17H2,1H3,(H,28,29). The first kappa shape index (κ1) is 21.8. The minimum absolute atomic E-state index is 0.440. The highest BCUT2D eigenvalue weighted by molar-refractivity contribution is 6.30. The molecule has 1 N–H and O–H groups in total. The van der Waals surface area contributed by atoms with Crippen molar-refractivity contribution in [1.29, 1.82) is 0 Å². The molecule has 5 heteroatoms. The zero-order valence-electron chi connectivity index (χ0n) is 17.1. The molecule has 1 atom stereocenters. The molecule has 1 unspecified atom stereocenters. The Bertz CT molecular complexity index is 942. The van der Waals surface area contributed by atoms with Gasteiger partial charge < -0.3 is 9.84 Å². The van der Waals surface area contributed by atoms with Crippen LogP contribution in [0.1, 0.15) is 42.9 Å². The van der Waals surface area contributed by atoms with Gasteiger partial charge in [0.25, 0.3) is 0 Å².